The summed E-state index contributed by atoms with van der Waals surface area (Å²) in [5.41, 5.74) is 0.834. The molecule has 0 spiro atoms. The highest BCUT2D eigenvalue weighted by molar-refractivity contribution is 9.10. The first-order chi connectivity index (χ1) is 12.1. The van der Waals surface area contributed by atoms with E-state index in [0.717, 1.165) is 0 Å². The van der Waals surface area contributed by atoms with E-state index in [2.05, 4.69) is 31.9 Å². The Bertz CT molecular complexity index is 877. The molecule has 0 fully saturated rings. The van der Waals surface area contributed by atoms with Crippen LogP contribution in [0.3, 0.4) is 0 Å². The molecule has 3 nitrogen and oxygen atoms in total. The highest BCUT2D eigenvalue weighted by Gasteiger charge is 2.07. The smallest absolute Gasteiger partial charge is 0.187 e. The number of allylic oxidation sites excluding steroid dienone is 2. The fraction of sp³-hybridized carbons (Fsp3) is 0.105. The molecule has 136 valence electrons. The molecule has 0 aliphatic rings. The molecule has 0 radical (unpaired) electrons. The largest absolute Gasteiger partial charge is 0.295 e. The molecule has 0 N–H and O–H groups in total. The molecular weight excluding hydrogens is 474 g/mol. The van der Waals surface area contributed by atoms with Crippen LogP contribution < -0.4 is 0 Å². The number of halogens is 4. The first-order valence-corrected chi connectivity index (χ1v) is 8.84. The lowest BCUT2D eigenvalue weighted by Crippen LogP contribution is -1.97. The van der Waals surface area contributed by atoms with Crippen molar-refractivity contribution < 1.29 is 23.2 Å². The van der Waals surface area contributed by atoms with Gasteiger partial charge in [-0.15, -0.1) is 0 Å². The molecule has 0 aliphatic heterocycles. The van der Waals surface area contributed by atoms with Gasteiger partial charge in [0.1, 0.15) is 11.6 Å². The number of benzene rings is 2. The summed E-state index contributed by atoms with van der Waals surface area (Å²) in [5, 5.41) is 0. The molecule has 0 aromatic heterocycles. The standard InChI is InChI=1S/C11H8BrFO2.C8H6BrFO/c1-7(14)2-5-11(15)9-4-3-8(13)6-10(9)12;1-5(11)7-3-2-6(10)4-8(7)9/h2-6H,1H3;2-4H,1H3/b5-2+;. The van der Waals surface area contributed by atoms with E-state index in [-0.39, 0.29) is 23.2 Å². The fourth-order valence-electron chi connectivity index (χ4n) is 1.75. The van der Waals surface area contributed by atoms with Crippen LogP contribution in [-0.2, 0) is 4.79 Å². The monoisotopic (exact) mass is 486 g/mol. The molecule has 26 heavy (non-hydrogen) atoms. The van der Waals surface area contributed by atoms with Crippen LogP contribution in [0.15, 0.2) is 57.5 Å². The maximum absolute atomic E-state index is 12.7. The van der Waals surface area contributed by atoms with Crippen molar-refractivity contribution in [2.45, 2.75) is 13.8 Å². The van der Waals surface area contributed by atoms with E-state index < -0.39 is 5.82 Å². The first kappa shape index (κ1) is 22.1. The summed E-state index contributed by atoms with van der Waals surface area (Å²) >= 11 is 6.16. The van der Waals surface area contributed by atoms with Gasteiger partial charge in [-0.05, 0) is 94.3 Å². The number of hydrogen-bond donors (Lipinski definition) is 0. The Hall–Kier alpha value is -1.99. The zero-order valence-corrected chi connectivity index (χ0v) is 17.0. The van der Waals surface area contributed by atoms with E-state index in [0.29, 0.717) is 20.1 Å². The maximum Gasteiger partial charge on any atom is 0.187 e. The van der Waals surface area contributed by atoms with E-state index in [1.165, 1.54) is 62.4 Å². The summed E-state index contributed by atoms with van der Waals surface area (Å²) in [4.78, 5) is 32.9. The molecule has 0 amide bonds. The maximum atomic E-state index is 12.7. The Morgan fingerprint density at radius 1 is 0.808 bits per heavy atom. The Morgan fingerprint density at radius 3 is 1.65 bits per heavy atom. The molecule has 0 saturated heterocycles. The molecule has 2 rings (SSSR count). The lowest BCUT2D eigenvalue weighted by Gasteiger charge is -1.99. The van der Waals surface area contributed by atoms with Crippen molar-refractivity contribution in [1.82, 2.24) is 0 Å². The average Bonchev–Trinajstić information content (AvgIpc) is 2.52. The molecule has 0 aliphatic carbocycles. The Balaban J connectivity index is 0.000000273. The van der Waals surface area contributed by atoms with Crippen molar-refractivity contribution in [2.24, 2.45) is 0 Å². The molecule has 2 aromatic rings. The SMILES string of the molecule is CC(=O)/C=C/C(=O)c1ccc(F)cc1Br.CC(=O)c1ccc(F)cc1Br. The molecule has 2 aromatic carbocycles. The predicted molar refractivity (Wildman–Crippen MR) is 102 cm³/mol. The highest BCUT2D eigenvalue weighted by Crippen LogP contribution is 2.19. The minimum Gasteiger partial charge on any atom is -0.295 e. The molecule has 0 saturated carbocycles. The van der Waals surface area contributed by atoms with E-state index in [1.807, 2.05) is 0 Å². The van der Waals surface area contributed by atoms with Gasteiger partial charge >= 0.3 is 0 Å². The molecular formula is C19H14Br2F2O3. The van der Waals surface area contributed by atoms with Crippen LogP contribution in [0.25, 0.3) is 0 Å². The third kappa shape index (κ3) is 7.09. The van der Waals surface area contributed by atoms with Gasteiger partial charge in [0.05, 0.1) is 0 Å². The lowest BCUT2D eigenvalue weighted by atomic mass is 10.1. The third-order valence-corrected chi connectivity index (χ3v) is 4.29. The summed E-state index contributed by atoms with van der Waals surface area (Å²) in [5.74, 6) is -1.38. The summed E-state index contributed by atoms with van der Waals surface area (Å²) in [6.45, 7) is 2.79. The molecule has 0 atom stereocenters. The van der Waals surface area contributed by atoms with Gasteiger partial charge in [-0.2, -0.15) is 0 Å². The number of ketones is 3. The van der Waals surface area contributed by atoms with Crippen molar-refractivity contribution >= 4 is 49.2 Å². The zero-order chi connectivity index (χ0) is 19.9. The van der Waals surface area contributed by atoms with Gasteiger partial charge in [0.15, 0.2) is 17.3 Å². The van der Waals surface area contributed by atoms with Gasteiger partial charge in [-0.25, -0.2) is 8.78 Å². The van der Waals surface area contributed by atoms with Crippen LogP contribution in [0.4, 0.5) is 8.78 Å². The molecule has 7 heteroatoms. The number of rotatable bonds is 4. The average molecular weight is 488 g/mol. The Morgan fingerprint density at radius 2 is 1.27 bits per heavy atom. The van der Waals surface area contributed by atoms with Gasteiger partial charge in [-0.3, -0.25) is 14.4 Å². The summed E-state index contributed by atoms with van der Waals surface area (Å²) < 4.78 is 26.1. The second-order valence-electron chi connectivity index (χ2n) is 5.11. The van der Waals surface area contributed by atoms with Gasteiger partial charge in [0, 0.05) is 20.1 Å². The van der Waals surface area contributed by atoms with Crippen LogP contribution in [0, 0.1) is 11.6 Å². The van der Waals surface area contributed by atoms with E-state index in [4.69, 9.17) is 0 Å². The van der Waals surface area contributed by atoms with Crippen molar-refractivity contribution in [2.75, 3.05) is 0 Å². The van der Waals surface area contributed by atoms with Crippen LogP contribution in [0.5, 0.6) is 0 Å². The third-order valence-electron chi connectivity index (χ3n) is 2.98. The van der Waals surface area contributed by atoms with Gasteiger partial charge < -0.3 is 0 Å². The van der Waals surface area contributed by atoms with Crippen molar-refractivity contribution in [1.29, 1.82) is 0 Å². The van der Waals surface area contributed by atoms with Gasteiger partial charge in [0.2, 0.25) is 0 Å². The van der Waals surface area contributed by atoms with Gasteiger partial charge in [-0.1, -0.05) is 0 Å². The first-order valence-electron chi connectivity index (χ1n) is 7.26. The molecule has 0 bridgehead atoms. The van der Waals surface area contributed by atoms with E-state index >= 15 is 0 Å². The number of carbonyl (C=O) groups excluding carboxylic acids is 3. The Labute approximate surface area is 166 Å². The van der Waals surface area contributed by atoms with Crippen LogP contribution in [-0.4, -0.2) is 17.3 Å². The van der Waals surface area contributed by atoms with Crippen LogP contribution in [0.2, 0.25) is 0 Å². The van der Waals surface area contributed by atoms with Crippen molar-refractivity contribution in [3.8, 4) is 0 Å². The number of hydrogen-bond acceptors (Lipinski definition) is 3. The van der Waals surface area contributed by atoms with Crippen LogP contribution >= 0.6 is 31.9 Å². The van der Waals surface area contributed by atoms with Crippen molar-refractivity contribution in [3.63, 3.8) is 0 Å². The summed E-state index contributed by atoms with van der Waals surface area (Å²) in [6.07, 6.45) is 2.35. The second kappa shape index (κ2) is 10.2. The minimum atomic E-state index is -0.422. The fourth-order valence-corrected chi connectivity index (χ4v) is 2.92. The normalized spacial score (nSPS) is 10.2. The Kier molecular flexibility index (Phi) is 8.68. The minimum absolute atomic E-state index is 0.0723. The summed E-state index contributed by atoms with van der Waals surface area (Å²) in [6, 6.07) is 7.76. The number of carbonyl (C=O) groups is 3. The topological polar surface area (TPSA) is 51.2 Å². The number of Topliss-reactive ketones (excluding diaryl/α,β-unsaturated/α-hetero) is 1. The van der Waals surface area contributed by atoms with Gasteiger partial charge in [0.25, 0.3) is 0 Å². The van der Waals surface area contributed by atoms with Crippen molar-refractivity contribution in [3.05, 3.63) is 80.3 Å². The van der Waals surface area contributed by atoms with E-state index in [1.54, 1.807) is 0 Å². The second-order valence-corrected chi connectivity index (χ2v) is 6.82. The predicted octanol–water partition coefficient (Wildman–Crippen LogP) is 5.71. The highest BCUT2D eigenvalue weighted by atomic mass is 79.9. The summed E-state index contributed by atoms with van der Waals surface area (Å²) in [7, 11) is 0. The molecule has 0 heterocycles. The van der Waals surface area contributed by atoms with Crippen LogP contribution in [0.1, 0.15) is 34.6 Å². The lowest BCUT2D eigenvalue weighted by molar-refractivity contribution is -0.112. The van der Waals surface area contributed by atoms with E-state index in [9.17, 15) is 23.2 Å². The quantitative estimate of drug-likeness (QED) is 0.410. The zero-order valence-electron chi connectivity index (χ0n) is 13.9. The molecule has 0 unspecified atom stereocenters.